The molecule has 0 radical (unpaired) electrons. The van der Waals surface area contributed by atoms with Crippen molar-refractivity contribution in [3.05, 3.63) is 54.4 Å². The first-order chi connectivity index (χ1) is 13.2. The molecule has 2 aromatic rings. The Labute approximate surface area is 162 Å². The van der Waals surface area contributed by atoms with Gasteiger partial charge in [-0.15, -0.1) is 0 Å². The highest BCUT2D eigenvalue weighted by molar-refractivity contribution is 5.70. The lowest BCUT2D eigenvalue weighted by molar-refractivity contribution is -0.144. The van der Waals surface area contributed by atoms with Crippen molar-refractivity contribution in [2.45, 2.75) is 45.6 Å². The lowest BCUT2D eigenvalue weighted by Gasteiger charge is -2.35. The van der Waals surface area contributed by atoms with Crippen molar-refractivity contribution in [1.29, 1.82) is 0 Å². The van der Waals surface area contributed by atoms with Gasteiger partial charge in [0.25, 0.3) is 0 Å². The first-order valence-electron chi connectivity index (χ1n) is 10.1. The van der Waals surface area contributed by atoms with Gasteiger partial charge in [-0.3, -0.25) is 14.7 Å². The highest BCUT2D eigenvalue weighted by Crippen LogP contribution is 2.31. The van der Waals surface area contributed by atoms with Gasteiger partial charge in [0, 0.05) is 24.5 Å². The summed E-state index contributed by atoms with van der Waals surface area (Å²) in [6, 6.07) is 12.6. The molecular formula is C23H30N2O2. The molecule has 3 rings (SSSR count). The van der Waals surface area contributed by atoms with E-state index in [0.29, 0.717) is 5.92 Å². The number of rotatable bonds is 8. The van der Waals surface area contributed by atoms with Crippen LogP contribution in [0.3, 0.4) is 0 Å². The number of benzene rings is 1. The second-order valence-electron chi connectivity index (χ2n) is 7.60. The van der Waals surface area contributed by atoms with Gasteiger partial charge >= 0.3 is 5.97 Å². The van der Waals surface area contributed by atoms with Crippen LogP contribution in [-0.4, -0.2) is 34.0 Å². The molecule has 1 N–H and O–H groups in total. The SMILES string of the molecule is CCCCC(C(=O)O)C1CCN(Cc2ccccc2-c2cccnc2)CC1. The molecular weight excluding hydrogens is 336 g/mol. The topological polar surface area (TPSA) is 53.4 Å². The van der Waals surface area contributed by atoms with Crippen LogP contribution in [0.5, 0.6) is 0 Å². The average Bonchev–Trinajstić information content (AvgIpc) is 2.70. The number of nitrogens with zero attached hydrogens (tertiary/aromatic N) is 2. The number of piperidine rings is 1. The van der Waals surface area contributed by atoms with Crippen LogP contribution in [0, 0.1) is 11.8 Å². The third-order valence-electron chi connectivity index (χ3n) is 5.77. The second kappa shape index (κ2) is 9.65. The summed E-state index contributed by atoms with van der Waals surface area (Å²) < 4.78 is 0. The van der Waals surface area contributed by atoms with Crippen LogP contribution in [-0.2, 0) is 11.3 Å². The number of carboxylic acids is 1. The van der Waals surface area contributed by atoms with E-state index in [1.54, 1.807) is 6.20 Å². The minimum absolute atomic E-state index is 0.172. The van der Waals surface area contributed by atoms with E-state index >= 15 is 0 Å². The highest BCUT2D eigenvalue weighted by atomic mass is 16.4. The Balaban J connectivity index is 1.62. The first kappa shape index (κ1) is 19.6. The summed E-state index contributed by atoms with van der Waals surface area (Å²) in [6.07, 6.45) is 8.57. The molecule has 0 spiro atoms. The van der Waals surface area contributed by atoms with Crippen molar-refractivity contribution < 1.29 is 9.90 Å². The van der Waals surface area contributed by atoms with Crippen molar-refractivity contribution in [3.8, 4) is 11.1 Å². The van der Waals surface area contributed by atoms with Crippen LogP contribution < -0.4 is 0 Å². The van der Waals surface area contributed by atoms with Crippen LogP contribution in [0.2, 0.25) is 0 Å². The zero-order valence-electron chi connectivity index (χ0n) is 16.2. The Morgan fingerprint density at radius 1 is 1.22 bits per heavy atom. The van der Waals surface area contributed by atoms with E-state index in [2.05, 4.69) is 47.1 Å². The molecule has 0 saturated carbocycles. The van der Waals surface area contributed by atoms with Gasteiger partial charge in [0.2, 0.25) is 0 Å². The quantitative estimate of drug-likeness (QED) is 0.725. The van der Waals surface area contributed by atoms with Crippen LogP contribution in [0.15, 0.2) is 48.8 Å². The maximum Gasteiger partial charge on any atom is 0.306 e. The fourth-order valence-corrected chi connectivity index (χ4v) is 4.20. The lowest BCUT2D eigenvalue weighted by atomic mass is 9.81. The van der Waals surface area contributed by atoms with Gasteiger partial charge in [0.15, 0.2) is 0 Å². The van der Waals surface area contributed by atoms with E-state index in [4.69, 9.17) is 0 Å². The predicted octanol–water partition coefficient (Wildman–Crippen LogP) is 4.85. The lowest BCUT2D eigenvalue weighted by Crippen LogP contribution is -2.37. The summed E-state index contributed by atoms with van der Waals surface area (Å²) in [5.41, 5.74) is 3.69. The summed E-state index contributed by atoms with van der Waals surface area (Å²) in [7, 11) is 0. The molecule has 2 heterocycles. The fraction of sp³-hybridized carbons (Fsp3) is 0.478. The Kier molecular flexibility index (Phi) is 6.99. The molecule has 1 atom stereocenters. The molecule has 0 bridgehead atoms. The van der Waals surface area contributed by atoms with Gasteiger partial charge in [0.1, 0.15) is 0 Å². The van der Waals surface area contributed by atoms with Gasteiger partial charge in [-0.2, -0.15) is 0 Å². The number of carboxylic acid groups (broad SMARTS) is 1. The molecule has 0 amide bonds. The van der Waals surface area contributed by atoms with Gasteiger partial charge < -0.3 is 5.11 Å². The third-order valence-corrected chi connectivity index (χ3v) is 5.77. The Bertz CT molecular complexity index is 724. The summed E-state index contributed by atoms with van der Waals surface area (Å²) >= 11 is 0. The van der Waals surface area contributed by atoms with Crippen molar-refractivity contribution in [2.75, 3.05) is 13.1 Å². The van der Waals surface area contributed by atoms with E-state index < -0.39 is 5.97 Å². The van der Waals surface area contributed by atoms with Crippen LogP contribution >= 0.6 is 0 Å². The Morgan fingerprint density at radius 3 is 2.67 bits per heavy atom. The van der Waals surface area contributed by atoms with Gasteiger partial charge in [0.05, 0.1) is 5.92 Å². The largest absolute Gasteiger partial charge is 0.481 e. The van der Waals surface area contributed by atoms with E-state index in [0.717, 1.165) is 57.3 Å². The smallest absolute Gasteiger partial charge is 0.306 e. The fourth-order valence-electron chi connectivity index (χ4n) is 4.20. The molecule has 4 heteroatoms. The average molecular weight is 367 g/mol. The van der Waals surface area contributed by atoms with Crippen molar-refractivity contribution in [2.24, 2.45) is 11.8 Å². The number of aliphatic carboxylic acids is 1. The van der Waals surface area contributed by atoms with Crippen LogP contribution in [0.4, 0.5) is 0 Å². The van der Waals surface area contributed by atoms with Gasteiger partial charge in [-0.1, -0.05) is 50.1 Å². The number of unbranched alkanes of at least 4 members (excludes halogenated alkanes) is 1. The predicted molar refractivity (Wildman–Crippen MR) is 108 cm³/mol. The van der Waals surface area contributed by atoms with E-state index in [1.165, 1.54) is 11.1 Å². The summed E-state index contributed by atoms with van der Waals surface area (Å²) in [6.45, 7) is 4.98. The maximum atomic E-state index is 11.7. The van der Waals surface area contributed by atoms with Gasteiger partial charge in [-0.05, 0) is 55.5 Å². The number of aromatic nitrogens is 1. The molecule has 1 fully saturated rings. The molecule has 1 aliphatic heterocycles. The molecule has 144 valence electrons. The second-order valence-corrected chi connectivity index (χ2v) is 7.60. The van der Waals surface area contributed by atoms with E-state index in [-0.39, 0.29) is 5.92 Å². The molecule has 1 aromatic heterocycles. The minimum Gasteiger partial charge on any atom is -0.481 e. The molecule has 4 nitrogen and oxygen atoms in total. The van der Waals surface area contributed by atoms with E-state index in [9.17, 15) is 9.90 Å². The van der Waals surface area contributed by atoms with Crippen molar-refractivity contribution in [3.63, 3.8) is 0 Å². The molecule has 1 aromatic carbocycles. The van der Waals surface area contributed by atoms with Crippen LogP contribution in [0.25, 0.3) is 11.1 Å². The highest BCUT2D eigenvalue weighted by Gasteiger charge is 2.30. The van der Waals surface area contributed by atoms with E-state index in [1.807, 2.05) is 12.3 Å². The summed E-state index contributed by atoms with van der Waals surface area (Å²) in [5, 5.41) is 9.60. The monoisotopic (exact) mass is 366 g/mol. The molecule has 1 unspecified atom stereocenters. The van der Waals surface area contributed by atoms with Crippen LogP contribution in [0.1, 0.15) is 44.6 Å². The minimum atomic E-state index is -0.608. The number of likely N-dealkylation sites (tertiary alicyclic amines) is 1. The molecule has 1 aliphatic rings. The molecule has 1 saturated heterocycles. The zero-order valence-corrected chi connectivity index (χ0v) is 16.2. The first-order valence-corrected chi connectivity index (χ1v) is 10.1. The number of hydrogen-bond donors (Lipinski definition) is 1. The summed E-state index contributed by atoms with van der Waals surface area (Å²) in [5.74, 6) is -0.461. The normalized spacial score (nSPS) is 16.9. The van der Waals surface area contributed by atoms with Crippen molar-refractivity contribution >= 4 is 5.97 Å². The number of carbonyl (C=O) groups is 1. The number of hydrogen-bond acceptors (Lipinski definition) is 3. The van der Waals surface area contributed by atoms with Gasteiger partial charge in [-0.25, -0.2) is 0 Å². The maximum absolute atomic E-state index is 11.7. The zero-order chi connectivity index (χ0) is 19.1. The Hall–Kier alpha value is -2.20. The Morgan fingerprint density at radius 2 is 2.00 bits per heavy atom. The molecule has 0 aliphatic carbocycles. The molecule has 27 heavy (non-hydrogen) atoms. The summed E-state index contributed by atoms with van der Waals surface area (Å²) in [4.78, 5) is 18.4. The third kappa shape index (κ3) is 5.16. The number of pyridine rings is 1. The van der Waals surface area contributed by atoms with Crippen molar-refractivity contribution in [1.82, 2.24) is 9.88 Å². The standard InChI is InChI=1S/C23H30N2O2/c1-2-3-9-22(23(26)27)18-11-14-25(15-12-18)17-20-7-4-5-10-21(20)19-8-6-13-24-16-19/h4-8,10,13,16,18,22H,2-3,9,11-12,14-15,17H2,1H3,(H,26,27).